The van der Waals surface area contributed by atoms with Gasteiger partial charge in [0.05, 0.1) is 5.69 Å². The van der Waals surface area contributed by atoms with Crippen molar-refractivity contribution >= 4 is 34.5 Å². The van der Waals surface area contributed by atoms with Gasteiger partial charge in [-0.1, -0.05) is 0 Å². The summed E-state index contributed by atoms with van der Waals surface area (Å²) in [6.45, 7) is 8.06. The molecule has 1 aromatic heterocycles. The fraction of sp³-hybridized carbons (Fsp3) is 0.190. The van der Waals surface area contributed by atoms with Crippen molar-refractivity contribution in [1.29, 1.82) is 0 Å². The van der Waals surface area contributed by atoms with E-state index in [4.69, 9.17) is 0 Å². The van der Waals surface area contributed by atoms with Gasteiger partial charge in [0.2, 0.25) is 0 Å². The average Bonchev–Trinajstić information content (AvgIpc) is 2.85. The highest BCUT2D eigenvalue weighted by atomic mass is 127. The summed E-state index contributed by atoms with van der Waals surface area (Å²) in [6, 6.07) is 13.5. The molecule has 0 aliphatic carbocycles. The summed E-state index contributed by atoms with van der Waals surface area (Å²) in [5, 5.41) is 0. The lowest BCUT2D eigenvalue weighted by Gasteiger charge is -2.11. The third-order valence-electron chi connectivity index (χ3n) is 4.36. The molecule has 0 N–H and O–H groups in total. The van der Waals surface area contributed by atoms with Crippen LogP contribution in [0.3, 0.4) is 0 Å². The largest absolute Gasteiger partial charge is 0.318 e. The number of benzene rings is 2. The Hall–Kier alpha value is -1.95. The van der Waals surface area contributed by atoms with Crippen molar-refractivity contribution < 1.29 is 4.39 Å². The molecule has 0 bridgehead atoms. The van der Waals surface area contributed by atoms with E-state index in [1.54, 1.807) is 19.1 Å². The zero-order valence-electron chi connectivity index (χ0n) is 14.8. The predicted octanol–water partition coefficient (Wildman–Crippen LogP) is 6.21. The molecule has 128 valence electrons. The van der Waals surface area contributed by atoms with Crippen molar-refractivity contribution in [1.82, 2.24) is 4.57 Å². The van der Waals surface area contributed by atoms with Crippen LogP contribution in [0.4, 0.5) is 10.1 Å². The fourth-order valence-electron chi connectivity index (χ4n) is 2.94. The second-order valence-corrected chi connectivity index (χ2v) is 7.45. The molecule has 1 heterocycles. The van der Waals surface area contributed by atoms with E-state index in [1.165, 1.54) is 15.2 Å². The molecule has 3 rings (SSSR count). The topological polar surface area (TPSA) is 17.3 Å². The van der Waals surface area contributed by atoms with Gasteiger partial charge in [-0.05, 0) is 104 Å². The summed E-state index contributed by atoms with van der Waals surface area (Å²) in [7, 11) is 0. The second kappa shape index (κ2) is 7.12. The summed E-state index contributed by atoms with van der Waals surface area (Å²) in [4.78, 5) is 4.51. The molecule has 25 heavy (non-hydrogen) atoms. The Morgan fingerprint density at radius 1 is 0.960 bits per heavy atom. The van der Waals surface area contributed by atoms with Crippen molar-refractivity contribution in [3.8, 4) is 5.69 Å². The van der Waals surface area contributed by atoms with Crippen molar-refractivity contribution in [3.63, 3.8) is 0 Å². The number of nitrogens with zero attached hydrogens (tertiary/aromatic N) is 2. The SMILES string of the molecule is Cc1cc(N=Cc2cc(C)n(-c3ccc(I)c(C)c3)c2C)ccc1F. The van der Waals surface area contributed by atoms with E-state index in [9.17, 15) is 4.39 Å². The lowest BCUT2D eigenvalue weighted by molar-refractivity contribution is 0.618. The van der Waals surface area contributed by atoms with Crippen LogP contribution in [-0.4, -0.2) is 10.8 Å². The normalized spacial score (nSPS) is 11.4. The number of aryl methyl sites for hydroxylation is 3. The van der Waals surface area contributed by atoms with Crippen LogP contribution >= 0.6 is 22.6 Å². The molecule has 0 aliphatic rings. The van der Waals surface area contributed by atoms with Crippen LogP contribution in [0, 0.1) is 37.1 Å². The van der Waals surface area contributed by atoms with Gasteiger partial charge >= 0.3 is 0 Å². The maximum absolute atomic E-state index is 13.4. The van der Waals surface area contributed by atoms with Gasteiger partial charge in [0.25, 0.3) is 0 Å². The number of aromatic nitrogens is 1. The zero-order valence-corrected chi connectivity index (χ0v) is 16.9. The molecule has 0 saturated carbocycles. The van der Waals surface area contributed by atoms with E-state index in [1.807, 2.05) is 6.21 Å². The summed E-state index contributed by atoms with van der Waals surface area (Å²) >= 11 is 2.35. The second-order valence-electron chi connectivity index (χ2n) is 6.29. The molecule has 0 aliphatic heterocycles. The number of aliphatic imine (C=N–C) groups is 1. The van der Waals surface area contributed by atoms with Gasteiger partial charge in [0.15, 0.2) is 0 Å². The first-order valence-electron chi connectivity index (χ1n) is 8.12. The van der Waals surface area contributed by atoms with Crippen LogP contribution in [-0.2, 0) is 0 Å². The Bertz CT molecular complexity index is 970. The van der Waals surface area contributed by atoms with E-state index in [2.05, 4.69) is 77.2 Å². The minimum absolute atomic E-state index is 0.203. The quantitative estimate of drug-likeness (QED) is 0.337. The molecule has 0 saturated heterocycles. The van der Waals surface area contributed by atoms with Crippen LogP contribution in [0.5, 0.6) is 0 Å². The standard InChI is InChI=1S/C21H20FIN2/c1-13-9-18(5-7-20(13)22)24-12-17-11-15(3)25(16(17)4)19-6-8-21(23)14(2)10-19/h5-12H,1-4H3. The highest BCUT2D eigenvalue weighted by Gasteiger charge is 2.10. The van der Waals surface area contributed by atoms with Crippen molar-refractivity contribution in [2.45, 2.75) is 27.7 Å². The molecular weight excluding hydrogens is 426 g/mol. The van der Waals surface area contributed by atoms with Crippen molar-refractivity contribution in [3.05, 3.63) is 79.9 Å². The fourth-order valence-corrected chi connectivity index (χ4v) is 3.27. The summed E-state index contributed by atoms with van der Waals surface area (Å²) in [5.74, 6) is -0.203. The third kappa shape index (κ3) is 3.68. The Labute approximate surface area is 161 Å². The highest BCUT2D eigenvalue weighted by molar-refractivity contribution is 14.1. The van der Waals surface area contributed by atoms with Gasteiger partial charge in [-0.3, -0.25) is 4.99 Å². The molecule has 2 nitrogen and oxygen atoms in total. The lowest BCUT2D eigenvalue weighted by Crippen LogP contribution is -2.00. The van der Waals surface area contributed by atoms with Crippen LogP contribution < -0.4 is 0 Å². The van der Waals surface area contributed by atoms with Gasteiger partial charge in [0, 0.05) is 32.4 Å². The molecule has 3 aromatic rings. The summed E-state index contributed by atoms with van der Waals surface area (Å²) in [6.07, 6.45) is 1.85. The third-order valence-corrected chi connectivity index (χ3v) is 5.57. The number of hydrogen-bond donors (Lipinski definition) is 0. The maximum Gasteiger partial charge on any atom is 0.126 e. The molecule has 0 spiro atoms. The van der Waals surface area contributed by atoms with Gasteiger partial charge in [-0.15, -0.1) is 0 Å². The van der Waals surface area contributed by atoms with Crippen LogP contribution in [0.15, 0.2) is 47.5 Å². The molecule has 4 heteroatoms. The molecule has 0 fully saturated rings. The Kier molecular flexibility index (Phi) is 5.08. The first-order chi connectivity index (χ1) is 11.9. The van der Waals surface area contributed by atoms with Gasteiger partial charge in [0.1, 0.15) is 5.82 Å². The molecule has 0 unspecified atom stereocenters. The van der Waals surface area contributed by atoms with Crippen molar-refractivity contribution in [2.75, 3.05) is 0 Å². The molecule has 0 radical (unpaired) electrons. The number of rotatable bonds is 3. The first kappa shape index (κ1) is 17.9. The summed E-state index contributed by atoms with van der Waals surface area (Å²) < 4.78 is 16.9. The van der Waals surface area contributed by atoms with Crippen LogP contribution in [0.2, 0.25) is 0 Å². The lowest BCUT2D eigenvalue weighted by atomic mass is 10.2. The molecule has 2 aromatic carbocycles. The molecule has 0 atom stereocenters. The van der Waals surface area contributed by atoms with Crippen molar-refractivity contribution in [2.24, 2.45) is 4.99 Å². The average molecular weight is 446 g/mol. The minimum Gasteiger partial charge on any atom is -0.318 e. The van der Waals surface area contributed by atoms with Crippen LogP contribution in [0.1, 0.15) is 28.1 Å². The van der Waals surface area contributed by atoms with Gasteiger partial charge in [-0.2, -0.15) is 0 Å². The van der Waals surface area contributed by atoms with E-state index < -0.39 is 0 Å². The van der Waals surface area contributed by atoms with Crippen LogP contribution in [0.25, 0.3) is 5.69 Å². The van der Waals surface area contributed by atoms with Gasteiger partial charge in [-0.25, -0.2) is 4.39 Å². The van der Waals surface area contributed by atoms with E-state index in [0.717, 1.165) is 28.3 Å². The zero-order chi connectivity index (χ0) is 18.1. The Balaban J connectivity index is 1.97. The smallest absolute Gasteiger partial charge is 0.126 e. The summed E-state index contributed by atoms with van der Waals surface area (Å²) in [5.41, 5.74) is 7.15. The minimum atomic E-state index is -0.203. The number of hydrogen-bond acceptors (Lipinski definition) is 1. The highest BCUT2D eigenvalue weighted by Crippen LogP contribution is 2.23. The number of halogens is 2. The van der Waals surface area contributed by atoms with E-state index in [-0.39, 0.29) is 5.82 Å². The van der Waals surface area contributed by atoms with Gasteiger partial charge < -0.3 is 4.57 Å². The van der Waals surface area contributed by atoms with E-state index >= 15 is 0 Å². The predicted molar refractivity (Wildman–Crippen MR) is 111 cm³/mol. The first-order valence-corrected chi connectivity index (χ1v) is 9.20. The molecular formula is C21H20FIN2. The maximum atomic E-state index is 13.4. The Morgan fingerprint density at radius 2 is 1.72 bits per heavy atom. The molecule has 0 amide bonds. The van der Waals surface area contributed by atoms with E-state index in [0.29, 0.717) is 5.56 Å². The Morgan fingerprint density at radius 3 is 2.40 bits per heavy atom. The monoisotopic (exact) mass is 446 g/mol.